The molecule has 9 heteroatoms. The van der Waals surface area contributed by atoms with Gasteiger partial charge in [-0.2, -0.15) is 13.2 Å². The maximum atomic E-state index is 12.5. The second kappa shape index (κ2) is 5.54. The minimum Gasteiger partial charge on any atom is -0.337 e. The molecule has 3 heterocycles. The number of hydrogen-bond donors (Lipinski definition) is 0. The summed E-state index contributed by atoms with van der Waals surface area (Å²) in [5, 5.41) is 0. The van der Waals surface area contributed by atoms with E-state index in [1.807, 2.05) is 11.6 Å². The van der Waals surface area contributed by atoms with E-state index in [0.29, 0.717) is 19.5 Å². The lowest BCUT2D eigenvalue weighted by Gasteiger charge is -2.29. The predicted molar refractivity (Wildman–Crippen MR) is 73.1 cm³/mol. The summed E-state index contributed by atoms with van der Waals surface area (Å²) in [7, 11) is 1.88. The third kappa shape index (κ3) is 3.18. The van der Waals surface area contributed by atoms with Crippen molar-refractivity contribution in [1.82, 2.24) is 19.4 Å². The summed E-state index contributed by atoms with van der Waals surface area (Å²) in [6.07, 6.45) is -2.25. The second-order valence-electron chi connectivity index (χ2n) is 6.05. The third-order valence-corrected chi connectivity index (χ3v) is 4.35. The summed E-state index contributed by atoms with van der Waals surface area (Å²) >= 11 is 0. The van der Waals surface area contributed by atoms with Gasteiger partial charge in [0, 0.05) is 38.7 Å². The molecule has 0 aromatic carbocycles. The number of rotatable bonds is 2. The van der Waals surface area contributed by atoms with E-state index in [9.17, 15) is 22.8 Å². The first-order valence-electron chi connectivity index (χ1n) is 7.37. The van der Waals surface area contributed by atoms with Gasteiger partial charge in [-0.3, -0.25) is 9.59 Å². The molecule has 2 amide bonds. The molecule has 1 atom stereocenters. The van der Waals surface area contributed by atoms with Gasteiger partial charge in [-0.05, 0) is 0 Å². The Balaban J connectivity index is 1.65. The first kappa shape index (κ1) is 15.8. The van der Waals surface area contributed by atoms with E-state index in [-0.39, 0.29) is 18.9 Å². The van der Waals surface area contributed by atoms with Gasteiger partial charge >= 0.3 is 6.18 Å². The molecule has 0 spiro atoms. The number of aryl methyl sites for hydroxylation is 1. The van der Waals surface area contributed by atoms with E-state index in [0.717, 1.165) is 16.3 Å². The van der Waals surface area contributed by atoms with Crippen molar-refractivity contribution in [2.45, 2.75) is 25.6 Å². The van der Waals surface area contributed by atoms with Gasteiger partial charge in [-0.15, -0.1) is 0 Å². The van der Waals surface area contributed by atoms with Crippen molar-refractivity contribution in [3.05, 3.63) is 17.7 Å². The highest BCUT2D eigenvalue weighted by molar-refractivity contribution is 5.89. The van der Waals surface area contributed by atoms with Crippen molar-refractivity contribution in [3.63, 3.8) is 0 Å². The maximum Gasteiger partial charge on any atom is 0.406 e. The van der Waals surface area contributed by atoms with Crippen molar-refractivity contribution in [1.29, 1.82) is 0 Å². The van der Waals surface area contributed by atoms with Crippen LogP contribution in [0.3, 0.4) is 0 Å². The first-order chi connectivity index (χ1) is 10.7. The molecular weight excluding hydrogens is 313 g/mol. The molecular formula is C14H17F3N4O2. The number of amides is 2. The second-order valence-corrected chi connectivity index (χ2v) is 6.05. The van der Waals surface area contributed by atoms with E-state index >= 15 is 0 Å². The van der Waals surface area contributed by atoms with Crippen molar-refractivity contribution in [2.24, 2.45) is 13.0 Å². The number of imidazole rings is 1. The van der Waals surface area contributed by atoms with Gasteiger partial charge in [-0.25, -0.2) is 4.98 Å². The Morgan fingerprint density at radius 1 is 1.43 bits per heavy atom. The molecule has 1 unspecified atom stereocenters. The van der Waals surface area contributed by atoms with E-state index in [1.54, 1.807) is 11.2 Å². The number of hydrogen-bond acceptors (Lipinski definition) is 3. The van der Waals surface area contributed by atoms with Gasteiger partial charge in [0.25, 0.3) is 0 Å². The summed E-state index contributed by atoms with van der Waals surface area (Å²) in [4.78, 5) is 30.7. The van der Waals surface area contributed by atoms with Crippen LogP contribution in [0.15, 0.2) is 6.33 Å². The first-order valence-corrected chi connectivity index (χ1v) is 7.37. The quantitative estimate of drug-likeness (QED) is 0.803. The zero-order valence-corrected chi connectivity index (χ0v) is 12.6. The topological polar surface area (TPSA) is 58.4 Å². The lowest BCUT2D eigenvalue weighted by Crippen LogP contribution is -2.41. The van der Waals surface area contributed by atoms with Gasteiger partial charge in [0.05, 0.1) is 24.5 Å². The Bertz CT molecular complexity index is 640. The Morgan fingerprint density at radius 2 is 2.17 bits per heavy atom. The Kier molecular flexibility index (Phi) is 3.81. The average Bonchev–Trinajstić information content (AvgIpc) is 3.00. The fourth-order valence-corrected chi connectivity index (χ4v) is 3.21. The molecule has 0 N–H and O–H groups in total. The fourth-order valence-electron chi connectivity index (χ4n) is 3.21. The van der Waals surface area contributed by atoms with Crippen LogP contribution in [0.5, 0.6) is 0 Å². The number of likely N-dealkylation sites (tertiary alicyclic amines) is 1. The Morgan fingerprint density at radius 3 is 2.87 bits per heavy atom. The molecule has 126 valence electrons. The van der Waals surface area contributed by atoms with Crippen molar-refractivity contribution >= 4 is 11.8 Å². The minimum atomic E-state index is -4.44. The molecule has 1 saturated heterocycles. The van der Waals surface area contributed by atoms with E-state index < -0.39 is 24.5 Å². The number of nitrogens with zero attached hydrogens (tertiary/aromatic N) is 4. The van der Waals surface area contributed by atoms with Gasteiger partial charge < -0.3 is 14.4 Å². The Hall–Kier alpha value is -2.06. The summed E-state index contributed by atoms with van der Waals surface area (Å²) in [5.74, 6) is -1.58. The van der Waals surface area contributed by atoms with Crippen LogP contribution < -0.4 is 0 Å². The van der Waals surface area contributed by atoms with Crippen LogP contribution in [-0.4, -0.2) is 57.0 Å². The SMILES string of the molecule is Cn1cnc2c1CCN(C(=O)C1CC(=O)N(CC(F)(F)F)C1)C2. The number of halogens is 3. The Labute approximate surface area is 130 Å². The number of carbonyl (C=O) groups is 2. The largest absolute Gasteiger partial charge is 0.406 e. The summed E-state index contributed by atoms with van der Waals surface area (Å²) in [6.45, 7) is -0.614. The lowest BCUT2D eigenvalue weighted by atomic mass is 10.0. The van der Waals surface area contributed by atoms with Gasteiger partial charge in [0.2, 0.25) is 11.8 Å². The number of carbonyl (C=O) groups excluding carboxylic acids is 2. The predicted octanol–water partition coefficient (Wildman–Crippen LogP) is 0.716. The molecule has 1 fully saturated rings. The summed E-state index contributed by atoms with van der Waals surface area (Å²) in [5.41, 5.74) is 1.87. The molecule has 0 saturated carbocycles. The molecule has 0 radical (unpaired) electrons. The minimum absolute atomic E-state index is 0.152. The lowest BCUT2D eigenvalue weighted by molar-refractivity contribution is -0.157. The zero-order valence-electron chi connectivity index (χ0n) is 12.6. The summed E-state index contributed by atoms with van der Waals surface area (Å²) < 4.78 is 39.2. The average molecular weight is 330 g/mol. The van der Waals surface area contributed by atoms with Crippen LogP contribution >= 0.6 is 0 Å². The van der Waals surface area contributed by atoms with Gasteiger partial charge in [0.1, 0.15) is 6.54 Å². The number of fused-ring (bicyclic) bond motifs is 1. The molecule has 1 aromatic heterocycles. The fraction of sp³-hybridized carbons (Fsp3) is 0.643. The number of alkyl halides is 3. The molecule has 0 aliphatic carbocycles. The molecule has 1 aromatic rings. The van der Waals surface area contributed by atoms with Gasteiger partial charge in [-0.1, -0.05) is 0 Å². The molecule has 2 aliphatic heterocycles. The van der Waals surface area contributed by atoms with Crippen molar-refractivity contribution < 1.29 is 22.8 Å². The van der Waals surface area contributed by atoms with Crippen LogP contribution in [0.4, 0.5) is 13.2 Å². The monoisotopic (exact) mass is 330 g/mol. The van der Waals surface area contributed by atoms with Gasteiger partial charge in [0.15, 0.2) is 0 Å². The van der Waals surface area contributed by atoms with Crippen molar-refractivity contribution in [3.8, 4) is 0 Å². The molecule has 3 rings (SSSR count). The highest BCUT2D eigenvalue weighted by atomic mass is 19.4. The van der Waals surface area contributed by atoms with E-state index in [1.165, 1.54) is 0 Å². The molecule has 2 aliphatic rings. The van der Waals surface area contributed by atoms with E-state index in [2.05, 4.69) is 4.98 Å². The molecule has 0 bridgehead atoms. The molecule has 6 nitrogen and oxygen atoms in total. The highest BCUT2D eigenvalue weighted by Gasteiger charge is 2.42. The summed E-state index contributed by atoms with van der Waals surface area (Å²) in [6, 6.07) is 0. The van der Waals surface area contributed by atoms with Crippen LogP contribution in [0.1, 0.15) is 17.8 Å². The van der Waals surface area contributed by atoms with Crippen molar-refractivity contribution in [2.75, 3.05) is 19.6 Å². The zero-order chi connectivity index (χ0) is 16.8. The molecule has 23 heavy (non-hydrogen) atoms. The van der Waals surface area contributed by atoms with Crippen LogP contribution in [0, 0.1) is 5.92 Å². The number of aromatic nitrogens is 2. The van der Waals surface area contributed by atoms with Crippen LogP contribution in [0.2, 0.25) is 0 Å². The normalized spacial score (nSPS) is 21.7. The standard InChI is InChI=1S/C14H17F3N4O2/c1-19-8-18-10-6-20(3-2-11(10)19)13(23)9-4-12(22)21(5-9)7-14(15,16)17/h8-9H,2-7H2,1H3. The van der Waals surface area contributed by atoms with E-state index in [4.69, 9.17) is 0 Å². The van der Waals surface area contributed by atoms with Crippen LogP contribution in [-0.2, 0) is 29.6 Å². The third-order valence-electron chi connectivity index (χ3n) is 4.35. The highest BCUT2D eigenvalue weighted by Crippen LogP contribution is 2.26. The smallest absolute Gasteiger partial charge is 0.337 e. The van der Waals surface area contributed by atoms with Crippen LogP contribution in [0.25, 0.3) is 0 Å². The maximum absolute atomic E-state index is 12.5.